The highest BCUT2D eigenvalue weighted by Gasteiger charge is 2.19. The summed E-state index contributed by atoms with van der Waals surface area (Å²) in [6.45, 7) is 4.13. The molecule has 2 amide bonds. The summed E-state index contributed by atoms with van der Waals surface area (Å²) in [5, 5.41) is 16.4. The first-order valence-corrected chi connectivity index (χ1v) is 11.3. The van der Waals surface area contributed by atoms with Crippen molar-refractivity contribution in [2.45, 2.75) is 26.5 Å². The van der Waals surface area contributed by atoms with E-state index in [1.54, 1.807) is 42.7 Å². The Bertz CT molecular complexity index is 987. The molecule has 3 aromatic rings. The Labute approximate surface area is 188 Å². The lowest BCUT2D eigenvalue weighted by molar-refractivity contribution is -0.127. The second-order valence-electron chi connectivity index (χ2n) is 6.98. The lowest BCUT2D eigenvalue weighted by atomic mass is 10.0. The number of hydrogen-bond acceptors (Lipinski definition) is 8. The minimum absolute atomic E-state index is 0.0501. The lowest BCUT2D eigenvalue weighted by Crippen LogP contribution is -2.33. The number of thiophene rings is 1. The molecule has 0 bridgehead atoms. The summed E-state index contributed by atoms with van der Waals surface area (Å²) in [7, 11) is 1.58. The van der Waals surface area contributed by atoms with Crippen molar-refractivity contribution in [1.82, 2.24) is 15.5 Å². The molecule has 1 aromatic carbocycles. The molecule has 0 unspecified atom stereocenters. The van der Waals surface area contributed by atoms with Crippen LogP contribution >= 0.6 is 22.7 Å². The predicted molar refractivity (Wildman–Crippen MR) is 121 cm³/mol. The molecule has 2 aromatic heterocycles. The van der Waals surface area contributed by atoms with Gasteiger partial charge in [0.1, 0.15) is 24.0 Å². The summed E-state index contributed by atoms with van der Waals surface area (Å²) < 4.78 is 10.6. The van der Waals surface area contributed by atoms with Crippen LogP contribution in [0.1, 0.15) is 39.6 Å². The maximum atomic E-state index is 12.3. The van der Waals surface area contributed by atoms with E-state index in [9.17, 15) is 9.59 Å². The number of hydrogen-bond donors (Lipinski definition) is 2. The van der Waals surface area contributed by atoms with Crippen LogP contribution in [-0.4, -0.2) is 35.7 Å². The fraction of sp³-hybridized carbons (Fsp3) is 0.333. The molecule has 164 valence electrons. The molecule has 1 atom stereocenters. The van der Waals surface area contributed by atoms with Gasteiger partial charge in [-0.15, -0.1) is 21.5 Å². The number of carbonyl (C=O) groups is 2. The third kappa shape index (κ3) is 6.58. The van der Waals surface area contributed by atoms with Gasteiger partial charge in [0.25, 0.3) is 5.91 Å². The van der Waals surface area contributed by atoms with Crippen LogP contribution in [-0.2, 0) is 16.1 Å². The molecule has 8 nitrogen and oxygen atoms in total. The number of amides is 2. The number of nitrogens with one attached hydrogen (secondary N) is 2. The molecule has 2 N–H and O–H groups in total. The second-order valence-corrected chi connectivity index (χ2v) is 9.02. The number of anilines is 1. The van der Waals surface area contributed by atoms with E-state index in [4.69, 9.17) is 9.47 Å². The molecular formula is C21H24N4O4S2. The number of nitrogens with zero attached hydrogens (tertiary/aromatic N) is 2. The van der Waals surface area contributed by atoms with Gasteiger partial charge in [-0.25, -0.2) is 0 Å². The summed E-state index contributed by atoms with van der Waals surface area (Å²) >= 11 is 2.74. The van der Waals surface area contributed by atoms with Crippen molar-refractivity contribution < 1.29 is 19.1 Å². The summed E-state index contributed by atoms with van der Waals surface area (Å²) in [4.78, 5) is 25.7. The Morgan fingerprint density at radius 1 is 1.13 bits per heavy atom. The van der Waals surface area contributed by atoms with E-state index in [1.165, 1.54) is 0 Å². The van der Waals surface area contributed by atoms with Crippen molar-refractivity contribution in [3.8, 4) is 5.75 Å². The van der Waals surface area contributed by atoms with Gasteiger partial charge in [0, 0.05) is 10.6 Å². The third-order valence-electron chi connectivity index (χ3n) is 4.30. The van der Waals surface area contributed by atoms with Crippen LogP contribution in [0.25, 0.3) is 0 Å². The van der Waals surface area contributed by atoms with Crippen LogP contribution in [0.15, 0.2) is 41.8 Å². The standard InChI is InChI=1S/C21H24N4O4S2/c1-13(2)19(16-5-4-10-30-16)23-17(26)11-29-12-18-24-25-21(31-18)20(27)22-14-6-8-15(28-3)9-7-14/h4-10,13,19H,11-12H2,1-3H3,(H,22,27)(H,23,26)/t19-/m1/s1. The summed E-state index contributed by atoms with van der Waals surface area (Å²) in [5.74, 6) is 0.404. The van der Waals surface area contributed by atoms with Gasteiger partial charge >= 0.3 is 0 Å². The lowest BCUT2D eigenvalue weighted by Gasteiger charge is -2.21. The van der Waals surface area contributed by atoms with E-state index in [0.717, 1.165) is 16.2 Å². The topological polar surface area (TPSA) is 102 Å². The van der Waals surface area contributed by atoms with Crippen molar-refractivity contribution in [2.75, 3.05) is 19.0 Å². The van der Waals surface area contributed by atoms with E-state index in [-0.39, 0.29) is 42.0 Å². The summed E-state index contributed by atoms with van der Waals surface area (Å²) in [6, 6.07) is 10.9. The predicted octanol–water partition coefficient (Wildman–Crippen LogP) is 3.89. The van der Waals surface area contributed by atoms with Gasteiger partial charge in [0.05, 0.1) is 13.2 Å². The first kappa shape index (κ1) is 22.9. The van der Waals surface area contributed by atoms with Crippen molar-refractivity contribution in [2.24, 2.45) is 5.92 Å². The fourth-order valence-corrected chi connectivity index (χ4v) is 4.36. The molecule has 3 rings (SSSR count). The van der Waals surface area contributed by atoms with E-state index in [1.807, 2.05) is 17.5 Å². The number of benzene rings is 1. The monoisotopic (exact) mass is 460 g/mol. The van der Waals surface area contributed by atoms with Gasteiger partial charge < -0.3 is 20.1 Å². The van der Waals surface area contributed by atoms with Gasteiger partial charge in [0.2, 0.25) is 10.9 Å². The molecule has 2 heterocycles. The average molecular weight is 461 g/mol. The Hall–Kier alpha value is -2.82. The number of ether oxygens (including phenoxy) is 2. The largest absolute Gasteiger partial charge is 0.497 e. The zero-order valence-corrected chi connectivity index (χ0v) is 19.1. The number of aromatic nitrogens is 2. The van der Waals surface area contributed by atoms with Gasteiger partial charge in [-0.3, -0.25) is 9.59 Å². The zero-order chi connectivity index (χ0) is 22.2. The Morgan fingerprint density at radius 3 is 2.55 bits per heavy atom. The fourth-order valence-electron chi connectivity index (χ4n) is 2.74. The number of methoxy groups -OCH3 is 1. The molecular weight excluding hydrogens is 436 g/mol. The number of carbonyl (C=O) groups excluding carboxylic acids is 2. The van der Waals surface area contributed by atoms with E-state index >= 15 is 0 Å². The quantitative estimate of drug-likeness (QED) is 0.476. The van der Waals surface area contributed by atoms with E-state index in [2.05, 4.69) is 34.7 Å². The van der Waals surface area contributed by atoms with Crippen LogP contribution in [0.3, 0.4) is 0 Å². The summed E-state index contributed by atoms with van der Waals surface area (Å²) in [6.07, 6.45) is 0. The molecule has 0 saturated carbocycles. The third-order valence-corrected chi connectivity index (χ3v) is 6.15. The highest BCUT2D eigenvalue weighted by Crippen LogP contribution is 2.25. The molecule has 10 heteroatoms. The Morgan fingerprint density at radius 2 is 1.90 bits per heavy atom. The van der Waals surface area contributed by atoms with Crippen LogP contribution in [0, 0.1) is 5.92 Å². The van der Waals surface area contributed by atoms with Gasteiger partial charge in [0.15, 0.2) is 0 Å². The molecule has 0 fully saturated rings. The molecule has 0 aliphatic rings. The van der Waals surface area contributed by atoms with Crippen LogP contribution in [0.2, 0.25) is 0 Å². The highest BCUT2D eigenvalue weighted by molar-refractivity contribution is 7.13. The molecule has 0 saturated heterocycles. The van der Waals surface area contributed by atoms with Gasteiger partial charge in [-0.1, -0.05) is 31.3 Å². The van der Waals surface area contributed by atoms with Crippen LogP contribution in [0.5, 0.6) is 5.75 Å². The molecule has 0 aliphatic carbocycles. The van der Waals surface area contributed by atoms with Gasteiger partial charge in [-0.2, -0.15) is 0 Å². The summed E-state index contributed by atoms with van der Waals surface area (Å²) in [5.41, 5.74) is 0.626. The van der Waals surface area contributed by atoms with Crippen molar-refractivity contribution in [3.63, 3.8) is 0 Å². The number of rotatable bonds is 10. The minimum Gasteiger partial charge on any atom is -0.497 e. The average Bonchev–Trinajstić information content (AvgIpc) is 3.45. The van der Waals surface area contributed by atoms with E-state index in [0.29, 0.717) is 16.4 Å². The molecule has 31 heavy (non-hydrogen) atoms. The zero-order valence-electron chi connectivity index (χ0n) is 17.5. The maximum absolute atomic E-state index is 12.3. The Balaban J connectivity index is 1.46. The normalized spacial score (nSPS) is 11.9. The van der Waals surface area contributed by atoms with Gasteiger partial charge in [-0.05, 0) is 41.6 Å². The highest BCUT2D eigenvalue weighted by atomic mass is 32.1. The van der Waals surface area contributed by atoms with Crippen LogP contribution < -0.4 is 15.4 Å². The van der Waals surface area contributed by atoms with E-state index < -0.39 is 0 Å². The minimum atomic E-state index is -0.359. The first-order chi connectivity index (χ1) is 15.0. The second kappa shape index (κ2) is 11.0. The Kier molecular flexibility index (Phi) is 8.10. The molecule has 0 radical (unpaired) electrons. The molecule has 0 spiro atoms. The van der Waals surface area contributed by atoms with Crippen molar-refractivity contribution in [1.29, 1.82) is 0 Å². The van der Waals surface area contributed by atoms with Crippen molar-refractivity contribution >= 4 is 40.2 Å². The maximum Gasteiger partial charge on any atom is 0.286 e. The SMILES string of the molecule is COc1ccc(NC(=O)c2nnc(COCC(=O)N[C@@H](c3cccs3)C(C)C)s2)cc1. The van der Waals surface area contributed by atoms with Crippen molar-refractivity contribution in [3.05, 3.63) is 56.7 Å². The van der Waals surface area contributed by atoms with Crippen LogP contribution in [0.4, 0.5) is 5.69 Å². The smallest absolute Gasteiger partial charge is 0.286 e. The first-order valence-electron chi connectivity index (χ1n) is 9.64. The molecule has 0 aliphatic heterocycles.